The van der Waals surface area contributed by atoms with Crippen LogP contribution >= 0.6 is 0 Å². The van der Waals surface area contributed by atoms with E-state index in [1.54, 1.807) is 27.9 Å². The fourth-order valence-corrected chi connectivity index (χ4v) is 7.68. The van der Waals surface area contributed by atoms with Gasteiger partial charge in [0.05, 0.1) is 23.9 Å². The number of amides is 1. The number of cyclic esters (lactones) is 1. The molecule has 0 bridgehead atoms. The molecule has 0 aromatic heterocycles. The molecule has 5 unspecified atom stereocenters. The van der Waals surface area contributed by atoms with Gasteiger partial charge in [0.25, 0.3) is 0 Å². The zero-order chi connectivity index (χ0) is 34.8. The van der Waals surface area contributed by atoms with Gasteiger partial charge in [0.2, 0.25) is 0 Å². The molecule has 0 aromatic rings. The lowest BCUT2D eigenvalue weighted by atomic mass is 9.78. The van der Waals surface area contributed by atoms with Gasteiger partial charge in [-0.25, -0.2) is 4.79 Å². The number of Topliss-reactive ketones (excluding diaryl/α,β-unsaturated/α-hetero) is 1. The molecule has 4 rings (SSSR count). The predicted molar refractivity (Wildman–Crippen MR) is 175 cm³/mol. The molecule has 1 saturated carbocycles. The highest BCUT2D eigenvalue weighted by Gasteiger charge is 2.54. The molecule has 13 heteroatoms. The summed E-state index contributed by atoms with van der Waals surface area (Å²) in [5.41, 5.74) is -2.17. The molecule has 13 nitrogen and oxygen atoms in total. The van der Waals surface area contributed by atoms with E-state index in [0.717, 1.165) is 12.8 Å². The van der Waals surface area contributed by atoms with Gasteiger partial charge in [-0.15, -0.1) is 0 Å². The molecule has 0 spiro atoms. The summed E-state index contributed by atoms with van der Waals surface area (Å²) in [6, 6.07) is -0.482. The number of aliphatic hydroxyl groups excluding tert-OH is 1. The first-order valence-corrected chi connectivity index (χ1v) is 17.4. The minimum absolute atomic E-state index is 0.0316. The lowest BCUT2D eigenvalue weighted by Crippen LogP contribution is -2.60. The van der Waals surface area contributed by atoms with Gasteiger partial charge in [-0.3, -0.25) is 9.59 Å². The van der Waals surface area contributed by atoms with Crippen molar-refractivity contribution in [2.75, 3.05) is 34.3 Å². The van der Waals surface area contributed by atoms with Crippen molar-refractivity contribution >= 4 is 17.8 Å². The SMILES string of the molecule is CO[C@]1(C)C[C@@H](C)CN[C@H](C)[C@H]2NC(=O)O[C@]2(C)[C@@H](C)OC(=O)C(C)C(=O)[C@H](C)[C@H]1OC1OC(CNC2CCC2)CC(N(C)C)C1O. The van der Waals surface area contributed by atoms with Crippen LogP contribution in [0, 0.1) is 17.8 Å². The number of alkyl carbamates (subject to hydrolysis) is 1. The fourth-order valence-electron chi connectivity index (χ4n) is 7.68. The number of nitrogens with one attached hydrogen (secondary N) is 3. The third kappa shape index (κ3) is 8.30. The van der Waals surface area contributed by atoms with E-state index in [4.69, 9.17) is 23.7 Å². The zero-order valence-electron chi connectivity index (χ0n) is 30.0. The number of fused-ring (bicyclic) bond motifs is 1. The maximum absolute atomic E-state index is 14.1. The van der Waals surface area contributed by atoms with E-state index < -0.39 is 65.7 Å². The Kier molecular flexibility index (Phi) is 12.4. The molecule has 1 aliphatic carbocycles. The normalized spacial score (nSPS) is 44.4. The smallest absolute Gasteiger partial charge is 0.408 e. The van der Waals surface area contributed by atoms with Crippen molar-refractivity contribution < 1.29 is 43.2 Å². The van der Waals surface area contributed by atoms with Crippen LogP contribution in [0.15, 0.2) is 0 Å². The van der Waals surface area contributed by atoms with Gasteiger partial charge in [-0.2, -0.15) is 0 Å². The number of methoxy groups -OCH3 is 1. The van der Waals surface area contributed by atoms with E-state index >= 15 is 0 Å². The lowest BCUT2D eigenvalue weighted by Gasteiger charge is -2.47. The molecule has 4 fully saturated rings. The summed E-state index contributed by atoms with van der Waals surface area (Å²) in [4.78, 5) is 42.0. The summed E-state index contributed by atoms with van der Waals surface area (Å²) >= 11 is 0. The average molecular weight is 669 g/mol. The van der Waals surface area contributed by atoms with E-state index in [1.165, 1.54) is 13.3 Å². The average Bonchev–Trinajstić information content (AvgIpc) is 3.31. The van der Waals surface area contributed by atoms with Gasteiger partial charge in [-0.05, 0) is 86.9 Å². The van der Waals surface area contributed by atoms with Crippen LogP contribution in [0.5, 0.6) is 0 Å². The van der Waals surface area contributed by atoms with Crippen molar-refractivity contribution in [3.05, 3.63) is 0 Å². The van der Waals surface area contributed by atoms with Gasteiger partial charge in [0.1, 0.15) is 18.1 Å². The minimum atomic E-state index is -1.16. The van der Waals surface area contributed by atoms with E-state index in [0.29, 0.717) is 32.0 Å². The second-order valence-electron chi connectivity index (χ2n) is 15.2. The van der Waals surface area contributed by atoms with Gasteiger partial charge in [0, 0.05) is 37.7 Å². The number of esters is 1. The summed E-state index contributed by atoms with van der Waals surface area (Å²) in [7, 11) is 5.45. The third-order valence-electron chi connectivity index (χ3n) is 11.3. The van der Waals surface area contributed by atoms with Crippen molar-refractivity contribution in [1.82, 2.24) is 20.9 Å². The van der Waals surface area contributed by atoms with Crippen LogP contribution in [0.25, 0.3) is 0 Å². The van der Waals surface area contributed by atoms with Crippen LogP contribution in [-0.2, 0) is 33.3 Å². The molecule has 0 aromatic carbocycles. The molecule has 3 saturated heterocycles. The first-order chi connectivity index (χ1) is 22.0. The molecule has 1 amide bonds. The number of ether oxygens (including phenoxy) is 5. The fraction of sp³-hybridized carbons (Fsp3) is 0.912. The first-order valence-electron chi connectivity index (χ1n) is 17.4. The predicted octanol–water partition coefficient (Wildman–Crippen LogP) is 1.98. The number of aliphatic hydroxyl groups is 1. The molecule has 4 N–H and O–H groups in total. The third-order valence-corrected chi connectivity index (χ3v) is 11.3. The van der Waals surface area contributed by atoms with Crippen molar-refractivity contribution in [1.29, 1.82) is 0 Å². The topological polar surface area (TPSA) is 157 Å². The Balaban J connectivity index is 1.64. The van der Waals surface area contributed by atoms with Crippen molar-refractivity contribution in [3.8, 4) is 0 Å². The first kappa shape index (κ1) is 37.9. The molecular formula is C34H60N4O9. The number of nitrogens with zero attached hydrogens (tertiary/aromatic N) is 1. The number of hydrogen-bond acceptors (Lipinski definition) is 12. The van der Waals surface area contributed by atoms with Crippen LogP contribution < -0.4 is 16.0 Å². The highest BCUT2D eigenvalue weighted by atomic mass is 16.7. The van der Waals surface area contributed by atoms with Crippen molar-refractivity contribution in [2.24, 2.45) is 17.8 Å². The Morgan fingerprint density at radius 3 is 2.36 bits per heavy atom. The van der Waals surface area contributed by atoms with Crippen LogP contribution in [0.4, 0.5) is 4.79 Å². The number of hydrogen-bond donors (Lipinski definition) is 4. The Morgan fingerprint density at radius 2 is 1.77 bits per heavy atom. The Bertz CT molecular complexity index is 1110. The molecule has 47 heavy (non-hydrogen) atoms. The largest absolute Gasteiger partial charge is 0.458 e. The number of ketones is 1. The molecule has 13 atom stereocenters. The zero-order valence-corrected chi connectivity index (χ0v) is 30.0. The molecule has 270 valence electrons. The van der Waals surface area contributed by atoms with E-state index in [2.05, 4.69) is 22.9 Å². The van der Waals surface area contributed by atoms with Gasteiger partial charge >= 0.3 is 12.1 Å². The van der Waals surface area contributed by atoms with Crippen LogP contribution in [0.2, 0.25) is 0 Å². The highest BCUT2D eigenvalue weighted by molar-refractivity contribution is 6.00. The molecule has 3 heterocycles. The summed E-state index contributed by atoms with van der Waals surface area (Å²) in [6.45, 7) is 13.8. The number of carbonyl (C=O) groups is 3. The molecule has 4 aliphatic rings. The Labute approximate surface area is 280 Å². The van der Waals surface area contributed by atoms with Gasteiger partial charge in [0.15, 0.2) is 17.7 Å². The quantitative estimate of drug-likeness (QED) is 0.232. The summed E-state index contributed by atoms with van der Waals surface area (Å²) in [6.07, 6.45) is 0.0996. The molecule has 0 radical (unpaired) electrons. The van der Waals surface area contributed by atoms with E-state index in [9.17, 15) is 19.5 Å². The Morgan fingerprint density at radius 1 is 1.09 bits per heavy atom. The lowest BCUT2D eigenvalue weighted by molar-refractivity contribution is -0.297. The standard InChI is InChI=1S/C34H60N4O9/c1-18-15-33(6,43-10)29(46-31-27(40)25(38(8)9)14-24(45-31)17-36-23-12-11-13-23)19(2)26(39)20(3)30(41)44-22(5)34(7)28(21(4)35-16-18)37-32(42)47-34/h18-25,27-29,31,35-36,40H,11-17H2,1-10H3,(H,37,42)/t18-,19+,20?,21-,22-,24?,25?,27?,28-,29-,31?,33-,34-/m1/s1. The van der Waals surface area contributed by atoms with Gasteiger partial charge < -0.3 is 49.6 Å². The van der Waals surface area contributed by atoms with E-state index in [-0.39, 0.29) is 29.9 Å². The van der Waals surface area contributed by atoms with E-state index in [1.807, 2.05) is 32.8 Å². The van der Waals surface area contributed by atoms with Crippen molar-refractivity contribution in [3.63, 3.8) is 0 Å². The van der Waals surface area contributed by atoms with Crippen LogP contribution in [0.3, 0.4) is 0 Å². The summed E-state index contributed by atoms with van der Waals surface area (Å²) in [5, 5.41) is 21.5. The second kappa shape index (κ2) is 15.3. The highest BCUT2D eigenvalue weighted by Crippen LogP contribution is 2.37. The maximum atomic E-state index is 14.1. The van der Waals surface area contributed by atoms with Crippen LogP contribution in [0.1, 0.15) is 80.6 Å². The second-order valence-corrected chi connectivity index (χ2v) is 15.2. The number of rotatable bonds is 7. The van der Waals surface area contributed by atoms with Crippen molar-refractivity contribution in [2.45, 2.75) is 147 Å². The number of likely N-dealkylation sites (N-methyl/N-ethyl adjacent to an activating group) is 1. The van der Waals surface area contributed by atoms with Crippen LogP contribution in [-0.4, -0.2) is 128 Å². The monoisotopic (exact) mass is 668 g/mol. The molecular weight excluding hydrogens is 608 g/mol. The Hall–Kier alpha value is -1.87. The maximum Gasteiger partial charge on any atom is 0.408 e. The van der Waals surface area contributed by atoms with Gasteiger partial charge in [-0.1, -0.05) is 20.3 Å². The molecule has 3 aliphatic heterocycles. The summed E-state index contributed by atoms with van der Waals surface area (Å²) < 4.78 is 30.9. The summed E-state index contributed by atoms with van der Waals surface area (Å²) in [5.74, 6) is -3.05. The minimum Gasteiger partial charge on any atom is -0.458 e. The number of carbonyl (C=O) groups excluding carboxylic acids is 3.